The van der Waals surface area contributed by atoms with Crippen LogP contribution in [-0.4, -0.2) is 39.6 Å². The number of nitrogens with zero attached hydrogens (tertiary/aromatic N) is 5. The van der Waals surface area contributed by atoms with Crippen molar-refractivity contribution in [1.29, 1.82) is 0 Å². The van der Waals surface area contributed by atoms with Gasteiger partial charge in [0.2, 0.25) is 0 Å². The van der Waals surface area contributed by atoms with Gasteiger partial charge in [-0.05, 0) is 50.9 Å². The van der Waals surface area contributed by atoms with Crippen molar-refractivity contribution >= 4 is 30.0 Å². The van der Waals surface area contributed by atoms with Crippen molar-refractivity contribution in [3.8, 4) is 11.3 Å². The number of halogens is 2. The molecular weight excluding hydrogens is 381 g/mol. The molecule has 9 heteroatoms. The Morgan fingerprint density at radius 1 is 1.32 bits per heavy atom. The Bertz CT molecular complexity index is 1060. The van der Waals surface area contributed by atoms with E-state index in [0.717, 1.165) is 11.4 Å². The summed E-state index contributed by atoms with van der Waals surface area (Å²) in [7, 11) is 1.66. The third kappa shape index (κ3) is 4.01. The maximum Gasteiger partial charge on any atom is 0.172 e. The highest BCUT2D eigenvalue weighted by atomic mass is 35.5. The van der Waals surface area contributed by atoms with Crippen LogP contribution in [0.5, 0.6) is 0 Å². The summed E-state index contributed by atoms with van der Waals surface area (Å²) < 4.78 is 14.8. The first-order chi connectivity index (χ1) is 13.4. The fourth-order valence-corrected chi connectivity index (χ4v) is 2.91. The van der Waals surface area contributed by atoms with Crippen molar-refractivity contribution in [2.75, 3.05) is 12.4 Å². The Labute approximate surface area is 166 Å². The zero-order valence-corrected chi connectivity index (χ0v) is 16.4. The fraction of sp³-hybridized carbons (Fsp3) is 0.158. The maximum atomic E-state index is 13.1. The van der Waals surface area contributed by atoms with E-state index in [1.165, 1.54) is 12.1 Å². The molecule has 2 N–H and O–H groups in total. The molecule has 0 aliphatic carbocycles. The van der Waals surface area contributed by atoms with E-state index in [2.05, 4.69) is 37.3 Å². The van der Waals surface area contributed by atoms with Gasteiger partial charge in [0, 0.05) is 24.4 Å². The predicted octanol–water partition coefficient (Wildman–Crippen LogP) is 4.21. The van der Waals surface area contributed by atoms with Gasteiger partial charge in [0.25, 0.3) is 0 Å². The summed E-state index contributed by atoms with van der Waals surface area (Å²) in [5.74, 6) is 1.01. The monoisotopic (exact) mass is 399 g/mol. The molecule has 0 spiro atoms. The van der Waals surface area contributed by atoms with E-state index in [9.17, 15) is 4.39 Å². The van der Waals surface area contributed by atoms with E-state index >= 15 is 0 Å². The van der Waals surface area contributed by atoms with Crippen LogP contribution in [0.3, 0.4) is 0 Å². The van der Waals surface area contributed by atoms with Gasteiger partial charge < -0.3 is 5.32 Å². The van der Waals surface area contributed by atoms with Crippen molar-refractivity contribution in [2.24, 2.45) is 9.98 Å². The molecule has 144 valence electrons. The molecule has 28 heavy (non-hydrogen) atoms. The second-order valence-electron chi connectivity index (χ2n) is 6.00. The van der Waals surface area contributed by atoms with Crippen LogP contribution in [-0.2, 0) is 0 Å². The molecule has 0 aliphatic heterocycles. The summed E-state index contributed by atoms with van der Waals surface area (Å²) in [4.78, 5) is 8.25. The van der Waals surface area contributed by atoms with Crippen molar-refractivity contribution < 1.29 is 4.39 Å². The quantitative estimate of drug-likeness (QED) is 0.498. The molecule has 0 saturated carbocycles. The number of aliphatic imine (C=N–C) groups is 2. The average molecular weight is 400 g/mol. The number of anilines is 1. The summed E-state index contributed by atoms with van der Waals surface area (Å²) in [6, 6.07) is 7.90. The molecule has 0 radical (unpaired) electrons. The first-order valence-corrected chi connectivity index (χ1v) is 8.76. The Kier molecular flexibility index (Phi) is 5.70. The molecule has 0 aliphatic rings. The Balaban J connectivity index is 1.89. The van der Waals surface area contributed by atoms with Crippen LogP contribution in [0.4, 0.5) is 10.2 Å². The van der Waals surface area contributed by atoms with Crippen LogP contribution < -0.4 is 5.32 Å². The summed E-state index contributed by atoms with van der Waals surface area (Å²) in [6.45, 7) is 7.43. The smallest absolute Gasteiger partial charge is 0.172 e. The number of hydrogen-bond acceptors (Lipinski definition) is 5. The molecule has 2 aromatic heterocycles. The number of H-pyrrole nitrogens is 1. The van der Waals surface area contributed by atoms with E-state index in [-0.39, 0.29) is 5.82 Å². The Morgan fingerprint density at radius 2 is 2.04 bits per heavy atom. The van der Waals surface area contributed by atoms with Crippen LogP contribution in [0.15, 0.2) is 52.2 Å². The Morgan fingerprint density at radius 3 is 2.61 bits per heavy atom. The minimum atomic E-state index is -0.325. The number of rotatable bonds is 5. The van der Waals surface area contributed by atoms with Gasteiger partial charge in [-0.3, -0.25) is 10.1 Å². The Hall–Kier alpha value is -3.26. The van der Waals surface area contributed by atoms with Gasteiger partial charge in [0.15, 0.2) is 11.7 Å². The van der Waals surface area contributed by atoms with E-state index in [4.69, 9.17) is 11.6 Å². The van der Waals surface area contributed by atoms with Crippen LogP contribution in [0.2, 0.25) is 5.02 Å². The summed E-state index contributed by atoms with van der Waals surface area (Å²) >= 11 is 6.43. The first kappa shape index (κ1) is 19.5. The normalized spacial score (nSPS) is 12.3. The lowest BCUT2D eigenvalue weighted by Gasteiger charge is -2.07. The second kappa shape index (κ2) is 8.18. The highest BCUT2D eigenvalue weighted by molar-refractivity contribution is 6.35. The number of allylic oxidation sites excluding steroid dienone is 1. The van der Waals surface area contributed by atoms with Gasteiger partial charge in [-0.15, -0.1) is 0 Å². The third-order valence-electron chi connectivity index (χ3n) is 3.98. The number of aromatic nitrogens is 4. The molecule has 7 nitrogen and oxygen atoms in total. The topological polar surface area (TPSA) is 83.2 Å². The lowest BCUT2D eigenvalue weighted by atomic mass is 10.1. The second-order valence-corrected chi connectivity index (χ2v) is 6.38. The molecule has 3 aromatic rings. The number of nitrogens with one attached hydrogen (secondary N) is 2. The molecular formula is C19H19ClFN7. The molecule has 0 unspecified atom stereocenters. The third-order valence-corrected chi connectivity index (χ3v) is 4.35. The summed E-state index contributed by atoms with van der Waals surface area (Å²) in [5.41, 5.74) is 3.10. The molecule has 0 atom stereocenters. The minimum absolute atomic E-state index is 0.325. The van der Waals surface area contributed by atoms with E-state index in [1.54, 1.807) is 29.9 Å². The van der Waals surface area contributed by atoms with Gasteiger partial charge in [-0.2, -0.15) is 10.2 Å². The zero-order valence-electron chi connectivity index (χ0n) is 15.7. The lowest BCUT2D eigenvalue weighted by Crippen LogP contribution is -2.14. The van der Waals surface area contributed by atoms with Gasteiger partial charge in [0.05, 0.1) is 11.4 Å². The summed E-state index contributed by atoms with van der Waals surface area (Å²) in [6.07, 6.45) is 1.69. The van der Waals surface area contributed by atoms with E-state index in [1.807, 2.05) is 19.9 Å². The number of benzene rings is 1. The molecule has 0 fully saturated rings. The van der Waals surface area contributed by atoms with Gasteiger partial charge >= 0.3 is 0 Å². The van der Waals surface area contributed by atoms with Gasteiger partial charge in [0.1, 0.15) is 16.7 Å². The van der Waals surface area contributed by atoms with E-state index in [0.29, 0.717) is 33.8 Å². The molecule has 1 aromatic carbocycles. The van der Waals surface area contributed by atoms with Crippen LogP contribution in [0.25, 0.3) is 11.3 Å². The zero-order chi connectivity index (χ0) is 20.3. The molecule has 3 rings (SSSR count). The van der Waals surface area contributed by atoms with Crippen molar-refractivity contribution in [1.82, 2.24) is 20.0 Å². The largest absolute Gasteiger partial charge is 0.322 e. The highest BCUT2D eigenvalue weighted by Gasteiger charge is 2.14. The summed E-state index contributed by atoms with van der Waals surface area (Å²) in [5, 5.41) is 14.8. The maximum absolute atomic E-state index is 13.1. The van der Waals surface area contributed by atoms with Crippen molar-refractivity contribution in [3.05, 3.63) is 64.5 Å². The van der Waals surface area contributed by atoms with Gasteiger partial charge in [-0.25, -0.2) is 14.1 Å². The van der Waals surface area contributed by atoms with Crippen molar-refractivity contribution in [2.45, 2.75) is 13.8 Å². The molecule has 0 amide bonds. The van der Waals surface area contributed by atoms with Crippen LogP contribution in [0.1, 0.15) is 11.4 Å². The van der Waals surface area contributed by atoms with E-state index < -0.39 is 0 Å². The standard InChI is InChI=1S/C19H19ClFN7/c1-11-9-12(2)28(27-11)16(23-4)10-15(22-3)24-19-17(20)18(25-26-19)13-5-7-14(21)8-6-13/h5-10H,3H2,1-2,4H3,(H2,24,25,26)/b15-10+,23-16?. The lowest BCUT2D eigenvalue weighted by molar-refractivity contribution is 0.628. The molecule has 2 heterocycles. The molecule has 0 bridgehead atoms. The highest BCUT2D eigenvalue weighted by Crippen LogP contribution is 2.32. The molecule has 0 saturated heterocycles. The number of aromatic amines is 1. The first-order valence-electron chi connectivity index (χ1n) is 8.38. The van der Waals surface area contributed by atoms with Crippen LogP contribution in [0, 0.1) is 19.7 Å². The fourth-order valence-electron chi connectivity index (χ4n) is 2.67. The van der Waals surface area contributed by atoms with Gasteiger partial charge in [-0.1, -0.05) is 11.6 Å². The number of aryl methyl sites for hydroxylation is 2. The van der Waals surface area contributed by atoms with Crippen molar-refractivity contribution in [3.63, 3.8) is 0 Å². The predicted molar refractivity (Wildman–Crippen MR) is 111 cm³/mol. The van der Waals surface area contributed by atoms with Crippen LogP contribution >= 0.6 is 11.6 Å². The minimum Gasteiger partial charge on any atom is -0.322 e. The SMILES string of the molecule is C=N/C(=C\C(=NC)n1nc(C)cc1C)Nc1n[nH]c(-c2ccc(F)cc2)c1Cl. The average Bonchev–Trinajstić information content (AvgIpc) is 3.21. The number of hydrogen-bond donors (Lipinski definition) is 2.